The van der Waals surface area contributed by atoms with E-state index >= 15 is 0 Å². The quantitative estimate of drug-likeness (QED) is 0.446. The number of aromatic nitrogens is 3. The molecule has 0 saturated heterocycles. The summed E-state index contributed by atoms with van der Waals surface area (Å²) in [6.07, 6.45) is 1.94. The van der Waals surface area contributed by atoms with Crippen LogP contribution in [0, 0.1) is 5.82 Å². The van der Waals surface area contributed by atoms with Crippen molar-refractivity contribution in [3.63, 3.8) is 0 Å². The molecule has 0 fully saturated rings. The Morgan fingerprint density at radius 1 is 0.906 bits per heavy atom. The van der Waals surface area contributed by atoms with Gasteiger partial charge in [0.25, 0.3) is 5.56 Å². The second-order valence-electron chi connectivity index (χ2n) is 7.27. The summed E-state index contributed by atoms with van der Waals surface area (Å²) in [6, 6.07) is 14.8. The number of halogens is 1. The first-order valence-corrected chi connectivity index (χ1v) is 10.1. The van der Waals surface area contributed by atoms with Crippen molar-refractivity contribution >= 4 is 11.0 Å². The fraction of sp³-hybridized carbons (Fsp3) is 0.208. The average Bonchev–Trinajstić information content (AvgIpc) is 2.81. The first-order valence-electron chi connectivity index (χ1n) is 10.1. The van der Waals surface area contributed by atoms with Gasteiger partial charge in [-0.1, -0.05) is 18.2 Å². The summed E-state index contributed by atoms with van der Waals surface area (Å²) in [5, 5.41) is 0. The lowest BCUT2D eigenvalue weighted by Crippen LogP contribution is -2.41. The van der Waals surface area contributed by atoms with E-state index in [1.165, 1.54) is 27.5 Å². The highest BCUT2D eigenvalue weighted by Gasteiger charge is 2.15. The molecule has 0 N–H and O–H groups in total. The van der Waals surface area contributed by atoms with E-state index < -0.39 is 11.2 Å². The molecule has 0 aliphatic carbocycles. The Bertz CT molecular complexity index is 1390. The van der Waals surface area contributed by atoms with Crippen LogP contribution in [0.5, 0.6) is 11.5 Å². The molecular formula is C24H22FN3O4. The van der Waals surface area contributed by atoms with Crippen LogP contribution in [0.25, 0.3) is 11.0 Å². The van der Waals surface area contributed by atoms with E-state index in [1.54, 1.807) is 44.6 Å². The van der Waals surface area contributed by atoms with Crippen molar-refractivity contribution in [2.75, 3.05) is 14.2 Å². The van der Waals surface area contributed by atoms with E-state index in [9.17, 15) is 14.0 Å². The topological polar surface area (TPSA) is 75.4 Å². The van der Waals surface area contributed by atoms with Gasteiger partial charge in [-0.2, -0.15) is 0 Å². The predicted octanol–water partition coefficient (Wildman–Crippen LogP) is 3.01. The Balaban J connectivity index is 1.75. The van der Waals surface area contributed by atoms with Crippen molar-refractivity contribution in [1.82, 2.24) is 14.1 Å². The average molecular weight is 435 g/mol. The van der Waals surface area contributed by atoms with Crippen molar-refractivity contribution in [3.8, 4) is 11.5 Å². The molecule has 7 nitrogen and oxygen atoms in total. The largest absolute Gasteiger partial charge is 0.493 e. The zero-order chi connectivity index (χ0) is 22.7. The van der Waals surface area contributed by atoms with Gasteiger partial charge in [-0.15, -0.1) is 0 Å². The zero-order valence-corrected chi connectivity index (χ0v) is 17.7. The highest BCUT2D eigenvalue weighted by molar-refractivity contribution is 5.73. The minimum atomic E-state index is -0.472. The number of pyridine rings is 1. The number of fused-ring (bicyclic) bond motifs is 1. The number of hydrogen-bond acceptors (Lipinski definition) is 5. The molecule has 0 aliphatic heterocycles. The fourth-order valence-corrected chi connectivity index (χ4v) is 3.69. The first kappa shape index (κ1) is 21.3. The second-order valence-corrected chi connectivity index (χ2v) is 7.27. The van der Waals surface area contributed by atoms with Crippen molar-refractivity contribution in [1.29, 1.82) is 0 Å². The van der Waals surface area contributed by atoms with E-state index in [-0.39, 0.29) is 24.4 Å². The molecule has 0 saturated carbocycles. The van der Waals surface area contributed by atoms with Crippen LogP contribution < -0.4 is 20.7 Å². The van der Waals surface area contributed by atoms with Gasteiger partial charge >= 0.3 is 5.69 Å². The Hall–Kier alpha value is -3.94. The molecule has 32 heavy (non-hydrogen) atoms. The smallest absolute Gasteiger partial charge is 0.331 e. The third-order valence-electron chi connectivity index (χ3n) is 5.29. The van der Waals surface area contributed by atoms with Gasteiger partial charge in [-0.3, -0.25) is 13.9 Å². The minimum Gasteiger partial charge on any atom is -0.493 e. The summed E-state index contributed by atoms with van der Waals surface area (Å²) in [5.41, 5.74) is 1.17. The molecule has 0 atom stereocenters. The van der Waals surface area contributed by atoms with Gasteiger partial charge in [0.15, 0.2) is 17.0 Å². The summed E-state index contributed by atoms with van der Waals surface area (Å²) in [7, 11) is 3.10. The third-order valence-corrected chi connectivity index (χ3v) is 5.29. The van der Waals surface area contributed by atoms with E-state index in [4.69, 9.17) is 9.47 Å². The molecule has 4 rings (SSSR count). The number of rotatable bonds is 7. The molecule has 0 spiro atoms. The van der Waals surface area contributed by atoms with Crippen LogP contribution in [0.1, 0.15) is 11.1 Å². The lowest BCUT2D eigenvalue weighted by Gasteiger charge is -2.14. The number of aryl methyl sites for hydroxylation is 1. The molecule has 2 heterocycles. The minimum absolute atomic E-state index is 0.120. The van der Waals surface area contributed by atoms with Crippen molar-refractivity contribution in [2.45, 2.75) is 19.5 Å². The molecule has 2 aromatic carbocycles. The van der Waals surface area contributed by atoms with Crippen LogP contribution in [0.15, 0.2) is 70.4 Å². The molecule has 164 valence electrons. The normalized spacial score (nSPS) is 11.0. The molecule has 0 radical (unpaired) electrons. The van der Waals surface area contributed by atoms with Crippen molar-refractivity contribution in [3.05, 3.63) is 98.6 Å². The van der Waals surface area contributed by atoms with E-state index in [0.29, 0.717) is 29.0 Å². The lowest BCUT2D eigenvalue weighted by molar-refractivity contribution is 0.354. The van der Waals surface area contributed by atoms with Crippen molar-refractivity contribution < 1.29 is 13.9 Å². The maximum absolute atomic E-state index is 13.7. The van der Waals surface area contributed by atoms with Crippen LogP contribution in [0.3, 0.4) is 0 Å². The van der Waals surface area contributed by atoms with Gasteiger partial charge < -0.3 is 9.47 Å². The maximum Gasteiger partial charge on any atom is 0.331 e. The summed E-state index contributed by atoms with van der Waals surface area (Å²) in [5.74, 6) is 0.779. The summed E-state index contributed by atoms with van der Waals surface area (Å²) in [6.45, 7) is 0.276. The Labute approximate surface area is 183 Å². The molecule has 8 heteroatoms. The van der Waals surface area contributed by atoms with Gasteiger partial charge in [-0.05, 0) is 53.9 Å². The number of benzene rings is 2. The Morgan fingerprint density at radius 2 is 1.72 bits per heavy atom. The monoisotopic (exact) mass is 435 g/mol. The standard InChI is InChI=1S/C24H22FN3O4/c1-31-20-9-8-16(14-21(20)32-2)10-12-27-23(29)22-19(7-4-11-26-22)28(24(27)30)15-17-5-3-6-18(25)13-17/h3-9,11,13-14H,10,12,15H2,1-2H3. The highest BCUT2D eigenvalue weighted by Crippen LogP contribution is 2.27. The number of methoxy groups -OCH3 is 2. The molecule has 0 aliphatic rings. The van der Waals surface area contributed by atoms with Crippen LogP contribution in [0.2, 0.25) is 0 Å². The number of ether oxygens (including phenoxy) is 2. The molecule has 0 unspecified atom stereocenters. The number of hydrogen-bond donors (Lipinski definition) is 0. The molecular weight excluding hydrogens is 413 g/mol. The third kappa shape index (κ3) is 4.12. The highest BCUT2D eigenvalue weighted by atomic mass is 19.1. The van der Waals surface area contributed by atoms with Crippen LogP contribution in [0.4, 0.5) is 4.39 Å². The lowest BCUT2D eigenvalue weighted by atomic mass is 10.1. The molecule has 0 bridgehead atoms. The summed E-state index contributed by atoms with van der Waals surface area (Å²) < 4.78 is 26.9. The van der Waals surface area contributed by atoms with E-state index in [0.717, 1.165) is 5.56 Å². The number of nitrogens with zero attached hydrogens (tertiary/aromatic N) is 3. The van der Waals surface area contributed by atoms with E-state index in [1.807, 2.05) is 12.1 Å². The van der Waals surface area contributed by atoms with Gasteiger partial charge in [0.2, 0.25) is 0 Å². The molecule has 4 aromatic rings. The molecule has 0 amide bonds. The fourth-order valence-electron chi connectivity index (χ4n) is 3.69. The summed E-state index contributed by atoms with van der Waals surface area (Å²) >= 11 is 0. The Kier molecular flexibility index (Phi) is 6.02. The van der Waals surface area contributed by atoms with Gasteiger partial charge in [0.1, 0.15) is 5.82 Å². The van der Waals surface area contributed by atoms with E-state index in [2.05, 4.69) is 4.98 Å². The van der Waals surface area contributed by atoms with Gasteiger partial charge in [0.05, 0.1) is 26.3 Å². The van der Waals surface area contributed by atoms with Gasteiger partial charge in [-0.25, -0.2) is 14.2 Å². The second kappa shape index (κ2) is 9.05. The van der Waals surface area contributed by atoms with Crippen LogP contribution in [-0.4, -0.2) is 28.3 Å². The Morgan fingerprint density at radius 3 is 2.47 bits per heavy atom. The van der Waals surface area contributed by atoms with Crippen molar-refractivity contribution in [2.24, 2.45) is 0 Å². The maximum atomic E-state index is 13.7. The predicted molar refractivity (Wildman–Crippen MR) is 119 cm³/mol. The first-order chi connectivity index (χ1) is 15.5. The van der Waals surface area contributed by atoms with Gasteiger partial charge in [0, 0.05) is 12.7 Å². The molecule has 2 aromatic heterocycles. The van der Waals surface area contributed by atoms with Crippen LogP contribution >= 0.6 is 0 Å². The SMILES string of the molecule is COc1ccc(CCn2c(=O)c3ncccc3n(Cc3cccc(F)c3)c2=O)cc1OC. The summed E-state index contributed by atoms with van der Waals surface area (Å²) in [4.78, 5) is 30.5. The zero-order valence-electron chi connectivity index (χ0n) is 17.7. The van der Waals surface area contributed by atoms with Crippen LogP contribution in [-0.2, 0) is 19.5 Å².